The molecule has 0 spiro atoms. The topological polar surface area (TPSA) is 82.1 Å². The number of hydrogen-bond acceptors (Lipinski definition) is 7. The van der Waals surface area contributed by atoms with Gasteiger partial charge in [0, 0.05) is 0 Å². The standard InChI is InChI=1S/C17H19NO6S/c1-5-24-15(19)9-18-16(20)14(25-17(18)21)8-11-7-13(23-4)12(22-3)6-10(11)2/h6-8H,5,9H2,1-4H3/b14-8+. The highest BCUT2D eigenvalue weighted by atomic mass is 32.2. The molecule has 1 aromatic rings. The van der Waals surface area contributed by atoms with Gasteiger partial charge in [-0.25, -0.2) is 0 Å². The first kappa shape index (κ1) is 18.9. The summed E-state index contributed by atoms with van der Waals surface area (Å²) >= 11 is 0.788. The molecule has 0 atom stereocenters. The van der Waals surface area contributed by atoms with E-state index in [-0.39, 0.29) is 18.1 Å². The summed E-state index contributed by atoms with van der Waals surface area (Å²) in [5.74, 6) is -0.0387. The van der Waals surface area contributed by atoms with Gasteiger partial charge in [0.25, 0.3) is 11.1 Å². The first-order valence-electron chi connectivity index (χ1n) is 7.54. The van der Waals surface area contributed by atoms with Crippen LogP contribution in [-0.2, 0) is 14.3 Å². The van der Waals surface area contributed by atoms with Gasteiger partial charge in [-0.3, -0.25) is 19.3 Å². The summed E-state index contributed by atoms with van der Waals surface area (Å²) in [6.45, 7) is 3.32. The van der Waals surface area contributed by atoms with Gasteiger partial charge in [0.2, 0.25) is 0 Å². The number of benzene rings is 1. The highest BCUT2D eigenvalue weighted by molar-refractivity contribution is 8.18. The Morgan fingerprint density at radius 1 is 1.20 bits per heavy atom. The van der Waals surface area contributed by atoms with Crippen LogP contribution in [0.15, 0.2) is 17.0 Å². The average Bonchev–Trinajstić information content (AvgIpc) is 2.84. The maximum atomic E-state index is 12.4. The van der Waals surface area contributed by atoms with E-state index in [0.29, 0.717) is 11.5 Å². The lowest BCUT2D eigenvalue weighted by Crippen LogP contribution is -2.34. The molecule has 1 aliphatic heterocycles. The zero-order valence-electron chi connectivity index (χ0n) is 14.5. The van der Waals surface area contributed by atoms with Crippen LogP contribution in [0, 0.1) is 6.92 Å². The van der Waals surface area contributed by atoms with Gasteiger partial charge >= 0.3 is 5.97 Å². The van der Waals surface area contributed by atoms with Gasteiger partial charge in [-0.05, 0) is 54.9 Å². The fourth-order valence-corrected chi connectivity index (χ4v) is 3.09. The minimum Gasteiger partial charge on any atom is -0.493 e. The molecular weight excluding hydrogens is 346 g/mol. The fourth-order valence-electron chi connectivity index (χ4n) is 2.27. The third-order valence-corrected chi connectivity index (χ3v) is 4.43. The molecule has 0 unspecified atom stereocenters. The average molecular weight is 365 g/mol. The van der Waals surface area contributed by atoms with Gasteiger partial charge in [0.15, 0.2) is 11.5 Å². The molecule has 0 bridgehead atoms. The van der Waals surface area contributed by atoms with Crippen LogP contribution in [0.1, 0.15) is 18.1 Å². The van der Waals surface area contributed by atoms with E-state index < -0.39 is 17.1 Å². The Labute approximate surface area is 149 Å². The van der Waals surface area contributed by atoms with Crippen molar-refractivity contribution in [3.63, 3.8) is 0 Å². The van der Waals surface area contributed by atoms with Crippen molar-refractivity contribution in [2.24, 2.45) is 0 Å². The smallest absolute Gasteiger partial charge is 0.326 e. The fraction of sp³-hybridized carbons (Fsp3) is 0.353. The number of amides is 2. The van der Waals surface area contributed by atoms with Crippen molar-refractivity contribution in [1.82, 2.24) is 4.90 Å². The monoisotopic (exact) mass is 365 g/mol. The van der Waals surface area contributed by atoms with Crippen molar-refractivity contribution in [2.45, 2.75) is 13.8 Å². The molecule has 1 aromatic carbocycles. The molecule has 0 radical (unpaired) electrons. The second kappa shape index (κ2) is 8.06. The zero-order valence-corrected chi connectivity index (χ0v) is 15.3. The lowest BCUT2D eigenvalue weighted by Gasteiger charge is -2.12. The lowest BCUT2D eigenvalue weighted by atomic mass is 10.1. The molecule has 0 aromatic heterocycles. The molecule has 2 rings (SSSR count). The van der Waals surface area contributed by atoms with E-state index in [1.54, 1.807) is 25.1 Å². The van der Waals surface area contributed by atoms with Crippen LogP contribution in [0.2, 0.25) is 0 Å². The lowest BCUT2D eigenvalue weighted by molar-refractivity contribution is -0.145. The van der Waals surface area contributed by atoms with E-state index in [9.17, 15) is 14.4 Å². The SMILES string of the molecule is CCOC(=O)CN1C(=O)S/C(=C/c2cc(OC)c(OC)cc2C)C1=O. The van der Waals surface area contributed by atoms with Crippen LogP contribution < -0.4 is 9.47 Å². The Hall–Kier alpha value is -2.48. The predicted molar refractivity (Wildman–Crippen MR) is 93.6 cm³/mol. The Kier molecular flexibility index (Phi) is 6.08. The van der Waals surface area contributed by atoms with Crippen molar-refractivity contribution < 1.29 is 28.6 Å². The summed E-state index contributed by atoms with van der Waals surface area (Å²) < 4.78 is 15.3. The third-order valence-electron chi connectivity index (χ3n) is 3.52. The molecule has 7 nitrogen and oxygen atoms in total. The maximum Gasteiger partial charge on any atom is 0.326 e. The number of carbonyl (C=O) groups excluding carboxylic acids is 3. The second-order valence-electron chi connectivity index (χ2n) is 5.14. The van der Waals surface area contributed by atoms with Gasteiger partial charge in [-0.15, -0.1) is 0 Å². The van der Waals surface area contributed by atoms with Crippen LogP contribution in [0.4, 0.5) is 4.79 Å². The van der Waals surface area contributed by atoms with Gasteiger partial charge in [0.1, 0.15) is 6.54 Å². The molecule has 1 heterocycles. The quantitative estimate of drug-likeness (QED) is 0.566. The number of carbonyl (C=O) groups is 3. The van der Waals surface area contributed by atoms with Crippen molar-refractivity contribution >= 4 is 35.0 Å². The first-order chi connectivity index (χ1) is 11.9. The number of esters is 1. The number of thioether (sulfide) groups is 1. The second-order valence-corrected chi connectivity index (χ2v) is 6.13. The van der Waals surface area contributed by atoms with Crippen LogP contribution in [-0.4, -0.2) is 49.4 Å². The number of aryl methyl sites for hydroxylation is 1. The van der Waals surface area contributed by atoms with Crippen LogP contribution in [0.5, 0.6) is 11.5 Å². The third kappa shape index (κ3) is 4.14. The van der Waals surface area contributed by atoms with Crippen molar-refractivity contribution in [3.05, 3.63) is 28.2 Å². The predicted octanol–water partition coefficient (Wildman–Crippen LogP) is 2.61. The Morgan fingerprint density at radius 2 is 1.84 bits per heavy atom. The molecule has 0 N–H and O–H groups in total. The number of nitrogens with zero attached hydrogens (tertiary/aromatic N) is 1. The van der Waals surface area contributed by atoms with Crippen molar-refractivity contribution in [1.29, 1.82) is 0 Å². The summed E-state index contributed by atoms with van der Waals surface area (Å²) in [6.07, 6.45) is 1.60. The zero-order chi connectivity index (χ0) is 18.6. The number of hydrogen-bond donors (Lipinski definition) is 0. The number of ether oxygens (including phenoxy) is 3. The first-order valence-corrected chi connectivity index (χ1v) is 8.36. The van der Waals surface area contributed by atoms with E-state index in [1.165, 1.54) is 14.2 Å². The minimum absolute atomic E-state index is 0.190. The summed E-state index contributed by atoms with van der Waals surface area (Å²) in [4.78, 5) is 37.1. The molecule has 1 aliphatic rings. The summed E-state index contributed by atoms with van der Waals surface area (Å²) in [5.41, 5.74) is 1.58. The van der Waals surface area contributed by atoms with E-state index in [2.05, 4.69) is 0 Å². The van der Waals surface area contributed by atoms with E-state index in [0.717, 1.165) is 27.8 Å². The molecule has 1 fully saturated rings. The highest BCUT2D eigenvalue weighted by Crippen LogP contribution is 2.35. The van der Waals surface area contributed by atoms with Crippen LogP contribution in [0.25, 0.3) is 6.08 Å². The van der Waals surface area contributed by atoms with E-state index in [1.807, 2.05) is 6.92 Å². The summed E-state index contributed by atoms with van der Waals surface area (Å²) in [6, 6.07) is 3.51. The molecule has 0 aliphatic carbocycles. The van der Waals surface area contributed by atoms with Gasteiger partial charge < -0.3 is 14.2 Å². The highest BCUT2D eigenvalue weighted by Gasteiger charge is 2.36. The largest absolute Gasteiger partial charge is 0.493 e. The van der Waals surface area contributed by atoms with Crippen molar-refractivity contribution in [2.75, 3.05) is 27.4 Å². The van der Waals surface area contributed by atoms with Gasteiger partial charge in [-0.1, -0.05) is 0 Å². The molecular formula is C17H19NO6S. The molecule has 0 saturated carbocycles. The normalized spacial score (nSPS) is 15.7. The molecule has 25 heavy (non-hydrogen) atoms. The molecule has 2 amide bonds. The Balaban J connectivity index is 2.29. The molecule has 1 saturated heterocycles. The van der Waals surface area contributed by atoms with E-state index in [4.69, 9.17) is 14.2 Å². The van der Waals surface area contributed by atoms with Crippen LogP contribution in [0.3, 0.4) is 0 Å². The van der Waals surface area contributed by atoms with E-state index >= 15 is 0 Å². The minimum atomic E-state index is -0.617. The van der Waals surface area contributed by atoms with Gasteiger partial charge in [0.05, 0.1) is 25.7 Å². The molecule has 134 valence electrons. The summed E-state index contributed by atoms with van der Waals surface area (Å²) in [5, 5.41) is -0.498. The van der Waals surface area contributed by atoms with Gasteiger partial charge in [-0.2, -0.15) is 0 Å². The Bertz CT molecular complexity index is 743. The maximum absolute atomic E-state index is 12.4. The molecule has 8 heteroatoms. The number of imide groups is 1. The van der Waals surface area contributed by atoms with Crippen LogP contribution >= 0.6 is 11.8 Å². The Morgan fingerprint density at radius 3 is 2.44 bits per heavy atom. The summed E-state index contributed by atoms with van der Waals surface area (Å²) in [7, 11) is 3.06. The number of rotatable bonds is 6. The van der Waals surface area contributed by atoms with Crippen molar-refractivity contribution in [3.8, 4) is 11.5 Å². The number of methoxy groups -OCH3 is 2.